The molecule has 0 spiro atoms. The van der Waals surface area contributed by atoms with Crippen LogP contribution in [0.3, 0.4) is 0 Å². The van der Waals surface area contributed by atoms with Crippen LogP contribution in [0.5, 0.6) is 0 Å². The third-order valence-corrected chi connectivity index (χ3v) is 3.55. The maximum absolute atomic E-state index is 3.73. The second-order valence-corrected chi connectivity index (χ2v) is 5.67. The summed E-state index contributed by atoms with van der Waals surface area (Å²) in [5.41, 5.74) is 0. The van der Waals surface area contributed by atoms with Gasteiger partial charge in [0.05, 0.1) is 0 Å². The first kappa shape index (κ1) is 17.0. The summed E-state index contributed by atoms with van der Waals surface area (Å²) in [6.07, 6.45) is 13.8. The highest BCUT2D eigenvalue weighted by Crippen LogP contribution is 2.09. The largest absolute Gasteiger partial charge is 0.312 e. The molecule has 0 aromatic rings. The highest BCUT2D eigenvalue weighted by molar-refractivity contribution is 4.67. The van der Waals surface area contributed by atoms with Crippen LogP contribution in [0.4, 0.5) is 0 Å². The second kappa shape index (κ2) is 12.4. The number of hydrogen-bond acceptors (Lipinski definition) is 1. The van der Waals surface area contributed by atoms with E-state index < -0.39 is 0 Å². The molecule has 2 atom stereocenters. The summed E-state index contributed by atoms with van der Waals surface area (Å²) in [7, 11) is 0. The van der Waals surface area contributed by atoms with E-state index >= 15 is 0 Å². The lowest BCUT2D eigenvalue weighted by atomic mass is 10.1. The van der Waals surface area contributed by atoms with E-state index in [1.165, 1.54) is 64.2 Å². The molecule has 0 aliphatic heterocycles. The summed E-state index contributed by atoms with van der Waals surface area (Å²) in [6.45, 7) is 9.23. The smallest absolute Gasteiger partial charge is 0.00412 e. The summed E-state index contributed by atoms with van der Waals surface area (Å²) in [6, 6.07) is 1.40. The van der Waals surface area contributed by atoms with Gasteiger partial charge >= 0.3 is 0 Å². The standard InChI is InChI=1S/C16H35N/c1-5-7-9-10-12-14-16(4)17-15(3)13-11-8-6-2/h15-17H,5-14H2,1-4H3. The molecule has 0 heterocycles. The molecule has 0 aliphatic rings. The Kier molecular flexibility index (Phi) is 12.4. The molecule has 1 heteroatoms. The van der Waals surface area contributed by atoms with Gasteiger partial charge in [-0.3, -0.25) is 0 Å². The van der Waals surface area contributed by atoms with E-state index in [0.717, 1.165) is 0 Å². The lowest BCUT2D eigenvalue weighted by Gasteiger charge is -2.20. The molecule has 0 aromatic carbocycles. The molecule has 0 fully saturated rings. The van der Waals surface area contributed by atoms with Gasteiger partial charge in [0.15, 0.2) is 0 Å². The van der Waals surface area contributed by atoms with Crippen molar-refractivity contribution in [2.24, 2.45) is 0 Å². The SMILES string of the molecule is CCCCCCCC(C)NC(C)CCCCC. The Morgan fingerprint density at radius 1 is 0.647 bits per heavy atom. The minimum absolute atomic E-state index is 0.701. The minimum Gasteiger partial charge on any atom is -0.312 e. The van der Waals surface area contributed by atoms with E-state index in [1.807, 2.05) is 0 Å². The van der Waals surface area contributed by atoms with Gasteiger partial charge in [-0.1, -0.05) is 65.2 Å². The molecular weight excluding hydrogens is 206 g/mol. The molecular formula is C16H35N. The zero-order valence-electron chi connectivity index (χ0n) is 12.7. The van der Waals surface area contributed by atoms with E-state index in [1.54, 1.807) is 0 Å². The monoisotopic (exact) mass is 241 g/mol. The van der Waals surface area contributed by atoms with Gasteiger partial charge < -0.3 is 5.32 Å². The molecule has 0 rings (SSSR count). The highest BCUT2D eigenvalue weighted by atomic mass is 14.9. The molecule has 0 amide bonds. The van der Waals surface area contributed by atoms with Crippen molar-refractivity contribution in [2.75, 3.05) is 0 Å². The minimum atomic E-state index is 0.701. The van der Waals surface area contributed by atoms with Crippen LogP contribution in [0.1, 0.15) is 91.9 Å². The van der Waals surface area contributed by atoms with Crippen molar-refractivity contribution in [1.82, 2.24) is 5.32 Å². The lowest BCUT2D eigenvalue weighted by molar-refractivity contribution is 0.405. The van der Waals surface area contributed by atoms with Gasteiger partial charge in [-0.05, 0) is 26.7 Å². The molecule has 0 radical (unpaired) electrons. The lowest BCUT2D eigenvalue weighted by Crippen LogP contribution is -2.34. The normalized spacial score (nSPS) is 14.8. The Morgan fingerprint density at radius 2 is 1.06 bits per heavy atom. The molecule has 0 saturated heterocycles. The van der Waals surface area contributed by atoms with Crippen molar-refractivity contribution >= 4 is 0 Å². The van der Waals surface area contributed by atoms with Crippen LogP contribution >= 0.6 is 0 Å². The number of rotatable bonds is 12. The van der Waals surface area contributed by atoms with Crippen LogP contribution < -0.4 is 5.32 Å². The van der Waals surface area contributed by atoms with Crippen LogP contribution in [0.2, 0.25) is 0 Å². The molecule has 0 aromatic heterocycles. The van der Waals surface area contributed by atoms with E-state index in [2.05, 4.69) is 33.0 Å². The van der Waals surface area contributed by atoms with Gasteiger partial charge in [-0.25, -0.2) is 0 Å². The van der Waals surface area contributed by atoms with Crippen molar-refractivity contribution < 1.29 is 0 Å². The zero-order valence-corrected chi connectivity index (χ0v) is 12.7. The maximum atomic E-state index is 3.73. The van der Waals surface area contributed by atoms with E-state index in [4.69, 9.17) is 0 Å². The van der Waals surface area contributed by atoms with Crippen molar-refractivity contribution in [3.8, 4) is 0 Å². The van der Waals surface area contributed by atoms with Crippen molar-refractivity contribution in [2.45, 2.75) is 104 Å². The molecule has 2 unspecified atom stereocenters. The van der Waals surface area contributed by atoms with Crippen LogP contribution in [0.15, 0.2) is 0 Å². The van der Waals surface area contributed by atoms with Gasteiger partial charge in [0.2, 0.25) is 0 Å². The summed E-state index contributed by atoms with van der Waals surface area (Å²) in [5, 5.41) is 3.73. The van der Waals surface area contributed by atoms with Crippen molar-refractivity contribution in [1.29, 1.82) is 0 Å². The molecule has 0 bridgehead atoms. The average Bonchev–Trinajstić information content (AvgIpc) is 2.29. The van der Waals surface area contributed by atoms with Crippen LogP contribution in [0.25, 0.3) is 0 Å². The van der Waals surface area contributed by atoms with Crippen LogP contribution in [0, 0.1) is 0 Å². The van der Waals surface area contributed by atoms with Gasteiger partial charge in [0, 0.05) is 12.1 Å². The third kappa shape index (κ3) is 12.2. The van der Waals surface area contributed by atoms with Crippen molar-refractivity contribution in [3.63, 3.8) is 0 Å². The summed E-state index contributed by atoms with van der Waals surface area (Å²) in [5.74, 6) is 0. The Morgan fingerprint density at radius 3 is 1.59 bits per heavy atom. The maximum Gasteiger partial charge on any atom is 0.00412 e. The number of unbranched alkanes of at least 4 members (excludes halogenated alkanes) is 6. The fourth-order valence-corrected chi connectivity index (χ4v) is 2.41. The van der Waals surface area contributed by atoms with E-state index in [-0.39, 0.29) is 0 Å². The predicted molar refractivity (Wildman–Crippen MR) is 79.6 cm³/mol. The quantitative estimate of drug-likeness (QED) is 0.458. The first-order chi connectivity index (χ1) is 8.20. The molecule has 0 aliphatic carbocycles. The summed E-state index contributed by atoms with van der Waals surface area (Å²) < 4.78 is 0. The van der Waals surface area contributed by atoms with Gasteiger partial charge in [0.25, 0.3) is 0 Å². The first-order valence-electron chi connectivity index (χ1n) is 7.96. The first-order valence-corrected chi connectivity index (χ1v) is 7.96. The average molecular weight is 241 g/mol. The second-order valence-electron chi connectivity index (χ2n) is 5.67. The van der Waals surface area contributed by atoms with Crippen molar-refractivity contribution in [3.05, 3.63) is 0 Å². The topological polar surface area (TPSA) is 12.0 Å². The number of hydrogen-bond donors (Lipinski definition) is 1. The Hall–Kier alpha value is -0.0400. The Labute approximate surface area is 110 Å². The summed E-state index contributed by atoms with van der Waals surface area (Å²) in [4.78, 5) is 0. The molecule has 104 valence electrons. The predicted octanol–water partition coefficient (Wildman–Crippen LogP) is 5.29. The fourth-order valence-electron chi connectivity index (χ4n) is 2.41. The van der Waals surface area contributed by atoms with Crippen LogP contribution in [-0.4, -0.2) is 12.1 Å². The van der Waals surface area contributed by atoms with Gasteiger partial charge in [0.1, 0.15) is 0 Å². The summed E-state index contributed by atoms with van der Waals surface area (Å²) >= 11 is 0. The van der Waals surface area contributed by atoms with E-state index in [9.17, 15) is 0 Å². The highest BCUT2D eigenvalue weighted by Gasteiger charge is 2.06. The molecule has 1 N–H and O–H groups in total. The molecule has 17 heavy (non-hydrogen) atoms. The Balaban J connectivity index is 3.34. The fraction of sp³-hybridized carbons (Fsp3) is 1.00. The molecule has 0 saturated carbocycles. The number of nitrogens with one attached hydrogen (secondary N) is 1. The third-order valence-electron chi connectivity index (χ3n) is 3.55. The van der Waals surface area contributed by atoms with Gasteiger partial charge in [-0.15, -0.1) is 0 Å². The molecule has 1 nitrogen and oxygen atoms in total. The van der Waals surface area contributed by atoms with E-state index in [0.29, 0.717) is 12.1 Å². The van der Waals surface area contributed by atoms with Gasteiger partial charge in [-0.2, -0.15) is 0 Å². The van der Waals surface area contributed by atoms with Crippen LogP contribution in [-0.2, 0) is 0 Å². The zero-order chi connectivity index (χ0) is 12.9. The Bertz CT molecular complexity index is 144.